The zero-order valence-corrected chi connectivity index (χ0v) is 11.8. The van der Waals surface area contributed by atoms with Crippen LogP contribution in [0.4, 0.5) is 0 Å². The fourth-order valence-corrected chi connectivity index (χ4v) is 2.42. The molecule has 0 spiro atoms. The van der Waals surface area contributed by atoms with Gasteiger partial charge in [-0.05, 0) is 25.0 Å². The molecule has 0 radical (unpaired) electrons. The lowest BCUT2D eigenvalue weighted by Gasteiger charge is -2.12. The Balaban J connectivity index is 2.58. The van der Waals surface area contributed by atoms with E-state index in [1.807, 2.05) is 24.5 Å². The molecule has 0 saturated heterocycles. The highest BCUT2D eigenvalue weighted by Crippen LogP contribution is 2.25. The molecule has 1 heterocycles. The standard InChI is InChI=1S/C15H20N2O3/c1-10(2)14-16-12-7-5-6-11(15(19)20)13(12)17(14)8-3-4-9-18/h5-7,10,18H,3-4,8-9H2,1-2H3,(H,19,20). The number of rotatable bonds is 6. The highest BCUT2D eigenvalue weighted by molar-refractivity contribution is 6.01. The largest absolute Gasteiger partial charge is 0.478 e. The zero-order chi connectivity index (χ0) is 14.7. The van der Waals surface area contributed by atoms with E-state index in [1.54, 1.807) is 12.1 Å². The number of carbonyl (C=O) groups is 1. The number of aliphatic hydroxyl groups excluding tert-OH is 1. The Morgan fingerprint density at radius 3 is 2.70 bits per heavy atom. The summed E-state index contributed by atoms with van der Waals surface area (Å²) in [6, 6.07) is 5.18. The van der Waals surface area contributed by atoms with Gasteiger partial charge in [-0.25, -0.2) is 9.78 Å². The molecular weight excluding hydrogens is 256 g/mol. The average Bonchev–Trinajstić information content (AvgIpc) is 2.78. The average molecular weight is 276 g/mol. The molecule has 1 aromatic heterocycles. The van der Waals surface area contributed by atoms with Crippen LogP contribution in [0.5, 0.6) is 0 Å². The van der Waals surface area contributed by atoms with Crippen LogP contribution < -0.4 is 0 Å². The van der Waals surface area contributed by atoms with Gasteiger partial charge in [0, 0.05) is 19.1 Å². The first-order chi connectivity index (χ1) is 9.56. The number of unbranched alkanes of at least 4 members (excludes halogenated alkanes) is 1. The maximum absolute atomic E-state index is 11.4. The van der Waals surface area contributed by atoms with Gasteiger partial charge in [-0.15, -0.1) is 0 Å². The lowest BCUT2D eigenvalue weighted by Crippen LogP contribution is -2.09. The summed E-state index contributed by atoms with van der Waals surface area (Å²) in [6.45, 7) is 4.92. The van der Waals surface area contributed by atoms with E-state index in [2.05, 4.69) is 4.98 Å². The van der Waals surface area contributed by atoms with Crippen LogP contribution >= 0.6 is 0 Å². The van der Waals surface area contributed by atoms with Crippen molar-refractivity contribution in [2.45, 2.75) is 39.2 Å². The first-order valence-corrected chi connectivity index (χ1v) is 6.89. The Kier molecular flexibility index (Phi) is 4.39. The van der Waals surface area contributed by atoms with E-state index in [0.717, 1.165) is 17.8 Å². The minimum absolute atomic E-state index is 0.148. The van der Waals surface area contributed by atoms with Gasteiger partial charge in [0.25, 0.3) is 0 Å². The van der Waals surface area contributed by atoms with Gasteiger partial charge in [0.05, 0.1) is 16.6 Å². The van der Waals surface area contributed by atoms with Crippen molar-refractivity contribution in [3.63, 3.8) is 0 Å². The molecule has 1 aromatic carbocycles. The number of aryl methyl sites for hydroxylation is 1. The first-order valence-electron chi connectivity index (χ1n) is 6.89. The molecule has 0 bridgehead atoms. The minimum atomic E-state index is -0.936. The molecule has 0 aliphatic rings. The van der Waals surface area contributed by atoms with Crippen molar-refractivity contribution < 1.29 is 15.0 Å². The summed E-state index contributed by atoms with van der Waals surface area (Å²) < 4.78 is 1.99. The van der Waals surface area contributed by atoms with Gasteiger partial charge in [-0.1, -0.05) is 19.9 Å². The molecule has 5 heteroatoms. The number of aromatic nitrogens is 2. The molecule has 0 aliphatic heterocycles. The number of aromatic carboxylic acids is 1. The third-order valence-corrected chi connectivity index (χ3v) is 3.33. The normalized spacial score (nSPS) is 11.4. The topological polar surface area (TPSA) is 75.3 Å². The molecule has 2 rings (SSSR count). The van der Waals surface area contributed by atoms with Gasteiger partial charge in [0.2, 0.25) is 0 Å². The summed E-state index contributed by atoms with van der Waals surface area (Å²) in [5.41, 5.74) is 1.69. The fourth-order valence-electron chi connectivity index (χ4n) is 2.42. The Hall–Kier alpha value is -1.88. The van der Waals surface area contributed by atoms with E-state index in [0.29, 0.717) is 18.5 Å². The van der Waals surface area contributed by atoms with Crippen LogP contribution in [-0.2, 0) is 6.54 Å². The quantitative estimate of drug-likeness (QED) is 0.795. The molecule has 0 aliphatic carbocycles. The molecule has 0 fully saturated rings. The van der Waals surface area contributed by atoms with E-state index in [-0.39, 0.29) is 18.1 Å². The smallest absolute Gasteiger partial charge is 0.337 e. The Labute approximate surface area is 117 Å². The number of imidazole rings is 1. The van der Waals surface area contributed by atoms with E-state index in [1.165, 1.54) is 0 Å². The number of hydrogen-bond donors (Lipinski definition) is 2. The predicted octanol–water partition coefficient (Wildman–Crippen LogP) is 2.63. The van der Waals surface area contributed by atoms with Gasteiger partial charge >= 0.3 is 5.97 Å². The third kappa shape index (κ3) is 2.67. The van der Waals surface area contributed by atoms with E-state index < -0.39 is 5.97 Å². The summed E-state index contributed by atoms with van der Waals surface area (Å²) in [4.78, 5) is 16.0. The van der Waals surface area contributed by atoms with Crippen molar-refractivity contribution in [3.8, 4) is 0 Å². The molecule has 20 heavy (non-hydrogen) atoms. The van der Waals surface area contributed by atoms with Crippen LogP contribution in [0, 0.1) is 0 Å². The van der Waals surface area contributed by atoms with Crippen LogP contribution in [0.2, 0.25) is 0 Å². The number of benzene rings is 1. The van der Waals surface area contributed by atoms with Crippen LogP contribution in [-0.4, -0.2) is 32.3 Å². The number of aliphatic hydroxyl groups is 1. The molecule has 0 saturated carbocycles. The number of para-hydroxylation sites is 1. The first kappa shape index (κ1) is 14.5. The van der Waals surface area contributed by atoms with Gasteiger partial charge < -0.3 is 14.8 Å². The second-order valence-corrected chi connectivity index (χ2v) is 5.19. The fraction of sp³-hybridized carbons (Fsp3) is 0.467. The molecule has 5 nitrogen and oxygen atoms in total. The lowest BCUT2D eigenvalue weighted by atomic mass is 10.1. The monoisotopic (exact) mass is 276 g/mol. The van der Waals surface area contributed by atoms with Crippen LogP contribution in [0.3, 0.4) is 0 Å². The number of fused-ring (bicyclic) bond motifs is 1. The summed E-state index contributed by atoms with van der Waals surface area (Å²) in [7, 11) is 0. The predicted molar refractivity (Wildman–Crippen MR) is 77.1 cm³/mol. The SMILES string of the molecule is CC(C)c1nc2cccc(C(=O)O)c2n1CCCCO. The lowest BCUT2D eigenvalue weighted by molar-refractivity contribution is 0.0698. The Bertz CT molecular complexity index is 617. The molecule has 108 valence electrons. The second-order valence-electron chi connectivity index (χ2n) is 5.19. The van der Waals surface area contributed by atoms with Crippen molar-refractivity contribution in [2.75, 3.05) is 6.61 Å². The Morgan fingerprint density at radius 1 is 1.35 bits per heavy atom. The van der Waals surface area contributed by atoms with Crippen molar-refractivity contribution >= 4 is 17.0 Å². The van der Waals surface area contributed by atoms with Crippen LogP contribution in [0.25, 0.3) is 11.0 Å². The third-order valence-electron chi connectivity index (χ3n) is 3.33. The minimum Gasteiger partial charge on any atom is -0.478 e. The van der Waals surface area contributed by atoms with Crippen LogP contribution in [0.1, 0.15) is 48.8 Å². The summed E-state index contributed by atoms with van der Waals surface area (Å²) >= 11 is 0. The van der Waals surface area contributed by atoms with Crippen molar-refractivity contribution in [2.24, 2.45) is 0 Å². The van der Waals surface area contributed by atoms with Crippen LogP contribution in [0.15, 0.2) is 18.2 Å². The maximum atomic E-state index is 11.4. The highest BCUT2D eigenvalue weighted by Gasteiger charge is 2.18. The van der Waals surface area contributed by atoms with Crippen molar-refractivity contribution in [1.29, 1.82) is 0 Å². The van der Waals surface area contributed by atoms with Gasteiger partial charge in [-0.3, -0.25) is 0 Å². The number of carboxylic acid groups (broad SMARTS) is 1. The zero-order valence-electron chi connectivity index (χ0n) is 11.8. The number of carboxylic acids is 1. The van der Waals surface area contributed by atoms with E-state index >= 15 is 0 Å². The molecule has 0 atom stereocenters. The second kappa shape index (κ2) is 6.05. The molecule has 2 aromatic rings. The van der Waals surface area contributed by atoms with Gasteiger partial charge in [-0.2, -0.15) is 0 Å². The number of hydrogen-bond acceptors (Lipinski definition) is 3. The van der Waals surface area contributed by atoms with Gasteiger partial charge in [0.15, 0.2) is 0 Å². The van der Waals surface area contributed by atoms with Crippen molar-refractivity contribution in [1.82, 2.24) is 9.55 Å². The van der Waals surface area contributed by atoms with Gasteiger partial charge in [0.1, 0.15) is 5.82 Å². The molecule has 0 unspecified atom stereocenters. The number of nitrogens with zero attached hydrogens (tertiary/aromatic N) is 2. The summed E-state index contributed by atoms with van der Waals surface area (Å²) in [6.07, 6.45) is 1.50. The molecule has 2 N–H and O–H groups in total. The maximum Gasteiger partial charge on any atom is 0.337 e. The highest BCUT2D eigenvalue weighted by atomic mass is 16.4. The molecular formula is C15H20N2O3. The van der Waals surface area contributed by atoms with E-state index in [4.69, 9.17) is 5.11 Å². The van der Waals surface area contributed by atoms with Crippen molar-refractivity contribution in [3.05, 3.63) is 29.6 Å². The van der Waals surface area contributed by atoms with E-state index in [9.17, 15) is 9.90 Å². The summed E-state index contributed by atoms with van der Waals surface area (Å²) in [5.74, 6) is 0.180. The Morgan fingerprint density at radius 2 is 2.10 bits per heavy atom. The molecule has 0 amide bonds. The summed E-state index contributed by atoms with van der Waals surface area (Å²) in [5, 5.41) is 18.3.